The van der Waals surface area contributed by atoms with E-state index in [0.717, 1.165) is 12.0 Å². The molecule has 14 heteroatoms. The second-order valence-corrected chi connectivity index (χ2v) is 19.0. The van der Waals surface area contributed by atoms with E-state index in [1.54, 1.807) is 40.2 Å². The highest BCUT2D eigenvalue weighted by Gasteiger charge is 2.60. The number of allylic oxidation sites excluding steroid dienone is 2. The SMILES string of the molecule is CC[C@@H](C)[C@@H]1O[C@@]2(C=C[C@H]1C)C[C@H]1C[C@H](C/C=C(\C)[C@H](O[C@@H]3C[C@@H](OC)[C@H](O[C@@H]4C[C@@H](OC)[C@H](O)[C@@H](C)O4)[C@@H](C)O3)[C@H](C)/C=C/C=C3\CO[C@H]4[C@@H](O)C(C)=C[C@@H](C(=O)O1)[C@@]34O)O2. The van der Waals surface area contributed by atoms with Gasteiger partial charge >= 0.3 is 5.97 Å². The first kappa shape index (κ1) is 47.6. The van der Waals surface area contributed by atoms with Crippen molar-refractivity contribution in [2.75, 3.05) is 20.8 Å². The molecule has 0 unspecified atom stereocenters. The quantitative estimate of drug-likeness (QED) is 0.210. The molecule has 14 nitrogen and oxygen atoms in total. The predicted octanol–water partition coefficient (Wildman–Crippen LogP) is 5.38. The molecular formula is C48H72O14. The summed E-state index contributed by atoms with van der Waals surface area (Å²) in [5.74, 6) is -2.56. The maximum Gasteiger partial charge on any atom is 0.316 e. The zero-order valence-corrected chi connectivity index (χ0v) is 38.2. The molecule has 7 aliphatic rings. The van der Waals surface area contributed by atoms with Crippen LogP contribution in [-0.2, 0) is 52.2 Å². The molecule has 0 aromatic rings. The summed E-state index contributed by atoms with van der Waals surface area (Å²) in [6.45, 7) is 16.1. The van der Waals surface area contributed by atoms with Crippen LogP contribution in [0.3, 0.4) is 0 Å². The highest BCUT2D eigenvalue weighted by atomic mass is 16.7. The second-order valence-electron chi connectivity index (χ2n) is 19.0. The normalized spacial score (nSPS) is 49.1. The standard InChI is InChI=1S/C48H72O14/c1-11-25(2)43-28(5)17-18-47(62-43)23-34-20-33(61-47)16-15-27(4)42(26(3)13-12-14-32-24-55-45-40(49)29(6)19-35(46(51)58-34)48(32,45)52)59-39-22-37(54-10)44(31(8)57-39)60-38-21-36(53-9)41(50)30(7)56-38/h12-15,17-19,25-26,28,30-31,33-45,49-50,52H,11,16,20-24H2,1-10H3/b13-12+,27-15+,32-14+/t25-,26-,28-,30-,31-,33+,34-,35+,36-,37-,38-,39-,40+,41-,42-,43+,44-,45+,47+,48+/m1/s1. The monoisotopic (exact) mass is 872 g/mol. The van der Waals surface area contributed by atoms with Gasteiger partial charge in [0.2, 0.25) is 0 Å². The van der Waals surface area contributed by atoms with Crippen molar-refractivity contribution in [3.8, 4) is 0 Å². The van der Waals surface area contributed by atoms with Crippen LogP contribution in [0.15, 0.2) is 59.3 Å². The number of rotatable bonds is 8. The van der Waals surface area contributed by atoms with Crippen LogP contribution < -0.4 is 0 Å². The van der Waals surface area contributed by atoms with E-state index in [2.05, 4.69) is 39.8 Å². The Labute approximate surface area is 367 Å². The lowest BCUT2D eigenvalue weighted by molar-refractivity contribution is -0.318. The lowest BCUT2D eigenvalue weighted by Crippen LogP contribution is -2.58. The molecule has 348 valence electrons. The van der Waals surface area contributed by atoms with Crippen molar-refractivity contribution in [2.45, 2.75) is 191 Å². The molecule has 0 saturated carbocycles. The van der Waals surface area contributed by atoms with Crippen LogP contribution in [0.1, 0.15) is 93.9 Å². The number of carbonyl (C=O) groups excluding carboxylic acids is 1. The Bertz CT molecular complexity index is 1730. The summed E-state index contributed by atoms with van der Waals surface area (Å²) in [5, 5.41) is 34.2. The third kappa shape index (κ3) is 9.64. The number of esters is 1. The number of carbonyl (C=O) groups is 1. The topological polar surface area (TPSA) is 170 Å². The molecule has 0 amide bonds. The average molecular weight is 873 g/mol. The molecule has 0 radical (unpaired) electrons. The van der Waals surface area contributed by atoms with Crippen molar-refractivity contribution in [3.63, 3.8) is 0 Å². The minimum absolute atomic E-state index is 0.0317. The average Bonchev–Trinajstić information content (AvgIpc) is 3.58. The lowest BCUT2D eigenvalue weighted by Gasteiger charge is -2.48. The first-order valence-electron chi connectivity index (χ1n) is 22.9. The number of ether oxygens (including phenoxy) is 10. The molecule has 7 rings (SSSR count). The van der Waals surface area contributed by atoms with Gasteiger partial charge in [-0.25, -0.2) is 0 Å². The van der Waals surface area contributed by atoms with E-state index in [9.17, 15) is 20.1 Å². The summed E-state index contributed by atoms with van der Waals surface area (Å²) in [5.41, 5.74) is 0.134. The smallest absolute Gasteiger partial charge is 0.316 e. The van der Waals surface area contributed by atoms with Gasteiger partial charge in [-0.15, -0.1) is 0 Å². The van der Waals surface area contributed by atoms with Crippen LogP contribution in [0.5, 0.6) is 0 Å². The molecule has 1 aliphatic carbocycles. The van der Waals surface area contributed by atoms with E-state index in [-0.39, 0.29) is 42.7 Å². The van der Waals surface area contributed by atoms with Gasteiger partial charge in [0.15, 0.2) is 18.4 Å². The summed E-state index contributed by atoms with van der Waals surface area (Å²) < 4.78 is 63.7. The minimum atomic E-state index is -1.84. The maximum atomic E-state index is 14.3. The Kier molecular flexibility index (Phi) is 15.1. The summed E-state index contributed by atoms with van der Waals surface area (Å²) >= 11 is 0. The molecule has 4 fully saturated rings. The zero-order valence-electron chi connectivity index (χ0n) is 38.2. The van der Waals surface area contributed by atoms with E-state index in [4.69, 9.17) is 47.4 Å². The van der Waals surface area contributed by atoms with Crippen LogP contribution in [-0.4, -0.2) is 139 Å². The summed E-state index contributed by atoms with van der Waals surface area (Å²) in [6.07, 6.45) is 8.55. The highest BCUT2D eigenvalue weighted by molar-refractivity contribution is 5.78. The summed E-state index contributed by atoms with van der Waals surface area (Å²) in [4.78, 5) is 14.3. The van der Waals surface area contributed by atoms with Gasteiger partial charge in [-0.05, 0) is 62.8 Å². The van der Waals surface area contributed by atoms with Crippen molar-refractivity contribution >= 4 is 5.97 Å². The maximum absolute atomic E-state index is 14.3. The fourth-order valence-corrected chi connectivity index (χ4v) is 10.6. The van der Waals surface area contributed by atoms with Crippen LogP contribution in [0, 0.1) is 23.7 Å². The predicted molar refractivity (Wildman–Crippen MR) is 227 cm³/mol. The first-order valence-corrected chi connectivity index (χ1v) is 22.9. The molecule has 6 aliphatic heterocycles. The molecule has 62 heavy (non-hydrogen) atoms. The van der Waals surface area contributed by atoms with E-state index in [1.807, 2.05) is 32.1 Å². The number of hydrogen-bond acceptors (Lipinski definition) is 14. The molecule has 2 bridgehead atoms. The fourth-order valence-electron chi connectivity index (χ4n) is 10.6. The Morgan fingerprint density at radius 3 is 2.32 bits per heavy atom. The van der Waals surface area contributed by atoms with Gasteiger partial charge in [-0.3, -0.25) is 4.79 Å². The minimum Gasteiger partial charge on any atom is -0.462 e. The third-order valence-electron chi connectivity index (χ3n) is 14.5. The van der Waals surface area contributed by atoms with E-state index in [0.29, 0.717) is 43.3 Å². The molecule has 0 aromatic heterocycles. The number of methoxy groups -OCH3 is 2. The number of aliphatic hydroxyl groups is 3. The Hall–Kier alpha value is -2.31. The summed E-state index contributed by atoms with van der Waals surface area (Å²) in [7, 11) is 3.22. The molecule has 1 spiro atoms. The van der Waals surface area contributed by atoms with Gasteiger partial charge < -0.3 is 62.7 Å². The molecule has 6 heterocycles. The number of hydrogen-bond donors (Lipinski definition) is 3. The van der Waals surface area contributed by atoms with Crippen LogP contribution in [0.25, 0.3) is 0 Å². The van der Waals surface area contributed by atoms with Crippen molar-refractivity contribution in [1.29, 1.82) is 0 Å². The number of aliphatic hydroxyl groups excluding tert-OH is 2. The van der Waals surface area contributed by atoms with Crippen molar-refractivity contribution < 1.29 is 67.5 Å². The molecule has 0 aromatic carbocycles. The Morgan fingerprint density at radius 1 is 0.887 bits per heavy atom. The van der Waals surface area contributed by atoms with Crippen LogP contribution in [0.4, 0.5) is 0 Å². The zero-order chi connectivity index (χ0) is 44.7. The van der Waals surface area contributed by atoms with Crippen molar-refractivity contribution in [1.82, 2.24) is 0 Å². The Morgan fingerprint density at radius 2 is 1.60 bits per heavy atom. The fraction of sp³-hybridized carbons (Fsp3) is 0.771. The van der Waals surface area contributed by atoms with Crippen molar-refractivity contribution in [2.24, 2.45) is 23.7 Å². The van der Waals surface area contributed by atoms with Gasteiger partial charge in [-0.2, -0.15) is 0 Å². The number of fused-ring (bicyclic) bond motifs is 2. The summed E-state index contributed by atoms with van der Waals surface area (Å²) in [6, 6.07) is 0. The lowest BCUT2D eigenvalue weighted by atomic mass is 9.71. The molecule has 4 saturated heterocycles. The Balaban J connectivity index is 1.18. The van der Waals surface area contributed by atoms with Crippen LogP contribution >= 0.6 is 0 Å². The molecule has 3 N–H and O–H groups in total. The van der Waals surface area contributed by atoms with Gasteiger partial charge in [0.05, 0.1) is 49.3 Å². The molecular weight excluding hydrogens is 801 g/mol. The largest absolute Gasteiger partial charge is 0.462 e. The van der Waals surface area contributed by atoms with E-state index >= 15 is 0 Å². The second kappa shape index (κ2) is 19.7. The van der Waals surface area contributed by atoms with E-state index < -0.39 is 90.8 Å². The van der Waals surface area contributed by atoms with E-state index in [1.165, 1.54) is 0 Å². The first-order chi connectivity index (χ1) is 29.5. The van der Waals surface area contributed by atoms with Gasteiger partial charge in [0.1, 0.15) is 42.0 Å². The van der Waals surface area contributed by atoms with Gasteiger partial charge in [-0.1, -0.05) is 70.6 Å². The van der Waals surface area contributed by atoms with Crippen LogP contribution in [0.2, 0.25) is 0 Å². The molecule has 20 atom stereocenters. The van der Waals surface area contributed by atoms with Gasteiger partial charge in [0, 0.05) is 51.7 Å². The van der Waals surface area contributed by atoms with Gasteiger partial charge in [0.25, 0.3) is 0 Å². The van der Waals surface area contributed by atoms with Crippen molar-refractivity contribution in [3.05, 3.63) is 59.3 Å². The third-order valence-corrected chi connectivity index (χ3v) is 14.5. The highest BCUT2D eigenvalue weighted by Crippen LogP contribution is 2.47.